The van der Waals surface area contributed by atoms with Gasteiger partial charge in [-0.25, -0.2) is 0 Å². The number of carbonyl (C=O) groups is 1. The van der Waals surface area contributed by atoms with E-state index < -0.39 is 12.6 Å². The highest BCUT2D eigenvalue weighted by molar-refractivity contribution is 5.75. The summed E-state index contributed by atoms with van der Waals surface area (Å²) >= 11 is 0. The van der Waals surface area contributed by atoms with Crippen LogP contribution in [0.15, 0.2) is 0 Å². The molecule has 100 valence electrons. The summed E-state index contributed by atoms with van der Waals surface area (Å²) in [5.74, 6) is 0.205. The number of nitrogens with one attached hydrogen (secondary N) is 2. The first-order valence-corrected chi connectivity index (χ1v) is 6.01. The van der Waals surface area contributed by atoms with Gasteiger partial charge in [0.1, 0.15) is 0 Å². The van der Waals surface area contributed by atoms with Gasteiger partial charge in [0.2, 0.25) is 5.91 Å². The smallest absolute Gasteiger partial charge is 0.356 e. The molecule has 1 aliphatic rings. The molecule has 1 amide bonds. The fraction of sp³-hybridized carbons (Fsp3) is 0.909. The largest absolute Gasteiger partial charge is 0.390 e. The van der Waals surface area contributed by atoms with Crippen LogP contribution in [0.25, 0.3) is 0 Å². The Hall–Kier alpha value is -0.780. The highest BCUT2D eigenvalue weighted by atomic mass is 19.4. The van der Waals surface area contributed by atoms with Crippen molar-refractivity contribution in [3.63, 3.8) is 0 Å². The zero-order valence-corrected chi connectivity index (χ0v) is 9.78. The maximum absolute atomic E-state index is 11.8. The molecule has 0 aromatic heterocycles. The van der Waals surface area contributed by atoms with Crippen LogP contribution in [0.4, 0.5) is 13.2 Å². The zero-order valence-electron chi connectivity index (χ0n) is 9.78. The minimum Gasteiger partial charge on any atom is -0.356 e. The second-order valence-corrected chi connectivity index (χ2v) is 4.47. The van der Waals surface area contributed by atoms with Gasteiger partial charge >= 0.3 is 6.18 Å². The van der Waals surface area contributed by atoms with E-state index in [1.807, 2.05) is 0 Å². The van der Waals surface area contributed by atoms with Crippen LogP contribution in [-0.4, -0.2) is 31.7 Å². The Bertz CT molecular complexity index is 237. The van der Waals surface area contributed by atoms with Crippen LogP contribution in [0.3, 0.4) is 0 Å². The van der Waals surface area contributed by atoms with Gasteiger partial charge in [0.05, 0.1) is 6.42 Å². The zero-order chi connectivity index (χ0) is 12.7. The molecule has 0 aromatic rings. The molecule has 1 saturated heterocycles. The van der Waals surface area contributed by atoms with E-state index in [0.29, 0.717) is 12.3 Å². The van der Waals surface area contributed by atoms with Crippen molar-refractivity contribution in [1.82, 2.24) is 10.6 Å². The van der Waals surface area contributed by atoms with Gasteiger partial charge in [0, 0.05) is 13.0 Å². The fourth-order valence-corrected chi connectivity index (χ4v) is 1.94. The van der Waals surface area contributed by atoms with Crippen molar-refractivity contribution in [2.45, 2.75) is 38.3 Å². The Balaban J connectivity index is 2.04. The maximum atomic E-state index is 11.8. The van der Waals surface area contributed by atoms with Crippen molar-refractivity contribution in [3.8, 4) is 0 Å². The van der Waals surface area contributed by atoms with E-state index in [9.17, 15) is 18.0 Å². The lowest BCUT2D eigenvalue weighted by Gasteiger charge is -2.22. The molecule has 0 spiro atoms. The number of rotatable bonds is 5. The minimum atomic E-state index is -4.19. The van der Waals surface area contributed by atoms with Crippen LogP contribution in [0, 0.1) is 5.92 Å². The first-order valence-electron chi connectivity index (χ1n) is 6.01. The molecule has 0 aliphatic carbocycles. The first kappa shape index (κ1) is 14.3. The molecule has 3 nitrogen and oxygen atoms in total. The fourth-order valence-electron chi connectivity index (χ4n) is 1.94. The van der Waals surface area contributed by atoms with Crippen molar-refractivity contribution < 1.29 is 18.0 Å². The Morgan fingerprint density at radius 1 is 1.41 bits per heavy atom. The van der Waals surface area contributed by atoms with Gasteiger partial charge in [-0.3, -0.25) is 4.79 Å². The van der Waals surface area contributed by atoms with E-state index in [-0.39, 0.29) is 12.5 Å². The summed E-state index contributed by atoms with van der Waals surface area (Å²) in [6, 6.07) is 0. The lowest BCUT2D eigenvalue weighted by atomic mass is 9.94. The number of amides is 1. The molecule has 0 bridgehead atoms. The molecule has 0 aromatic carbocycles. The van der Waals surface area contributed by atoms with Crippen molar-refractivity contribution in [1.29, 1.82) is 0 Å². The number of piperidine rings is 1. The summed E-state index contributed by atoms with van der Waals surface area (Å²) < 4.78 is 35.5. The molecule has 17 heavy (non-hydrogen) atoms. The molecule has 1 heterocycles. The average molecular weight is 252 g/mol. The maximum Gasteiger partial charge on any atom is 0.390 e. The molecule has 1 fully saturated rings. The monoisotopic (exact) mass is 252 g/mol. The van der Waals surface area contributed by atoms with Crippen LogP contribution in [0.2, 0.25) is 0 Å². The average Bonchev–Trinajstić information content (AvgIpc) is 2.26. The minimum absolute atomic E-state index is 0.278. The lowest BCUT2D eigenvalue weighted by Crippen LogP contribution is -2.32. The topological polar surface area (TPSA) is 41.1 Å². The molecular weight excluding hydrogens is 233 g/mol. The number of carbonyl (C=O) groups excluding carboxylic acids is 1. The predicted octanol–water partition coefficient (Wildman–Crippen LogP) is 1.83. The molecule has 2 N–H and O–H groups in total. The number of hydrogen-bond donors (Lipinski definition) is 2. The third-order valence-corrected chi connectivity index (χ3v) is 2.91. The summed E-state index contributed by atoms with van der Waals surface area (Å²) in [5, 5.41) is 5.54. The molecular formula is C11H19F3N2O. The van der Waals surface area contributed by atoms with Gasteiger partial charge in [0.15, 0.2) is 0 Å². The Labute approximate surface area is 99.1 Å². The summed E-state index contributed by atoms with van der Waals surface area (Å²) in [5.41, 5.74) is 0. The third-order valence-electron chi connectivity index (χ3n) is 2.91. The van der Waals surface area contributed by atoms with Crippen LogP contribution < -0.4 is 10.6 Å². The van der Waals surface area contributed by atoms with Crippen molar-refractivity contribution in [3.05, 3.63) is 0 Å². The van der Waals surface area contributed by atoms with Crippen molar-refractivity contribution in [2.75, 3.05) is 19.6 Å². The molecule has 1 aliphatic heterocycles. The Morgan fingerprint density at radius 3 is 2.76 bits per heavy atom. The molecule has 0 saturated carbocycles. The molecule has 6 heteroatoms. The van der Waals surface area contributed by atoms with E-state index in [1.54, 1.807) is 0 Å². The first-order chi connectivity index (χ1) is 7.97. The van der Waals surface area contributed by atoms with E-state index in [4.69, 9.17) is 0 Å². The van der Waals surface area contributed by atoms with Gasteiger partial charge < -0.3 is 10.6 Å². The van der Waals surface area contributed by atoms with Crippen molar-refractivity contribution in [2.24, 2.45) is 5.92 Å². The summed E-state index contributed by atoms with van der Waals surface area (Å²) in [6.07, 6.45) is -1.86. The standard InChI is InChI=1S/C11H19F3N2O/c12-11(13,14)5-7-16-10(17)4-3-9-2-1-6-15-8-9/h9,15H,1-8H2,(H,16,17). The van der Waals surface area contributed by atoms with Crippen LogP contribution in [-0.2, 0) is 4.79 Å². The third kappa shape index (κ3) is 7.20. The molecule has 1 rings (SSSR count). The quantitative estimate of drug-likeness (QED) is 0.784. The van der Waals surface area contributed by atoms with Crippen LogP contribution in [0.1, 0.15) is 32.1 Å². The van der Waals surface area contributed by atoms with Crippen LogP contribution >= 0.6 is 0 Å². The number of halogens is 3. The van der Waals surface area contributed by atoms with Gasteiger partial charge in [0.25, 0.3) is 0 Å². The molecule has 1 unspecified atom stereocenters. The van der Waals surface area contributed by atoms with Gasteiger partial charge in [-0.05, 0) is 38.3 Å². The summed E-state index contributed by atoms with van der Waals surface area (Å²) in [6.45, 7) is 1.62. The lowest BCUT2D eigenvalue weighted by molar-refractivity contribution is -0.135. The van der Waals surface area contributed by atoms with E-state index in [2.05, 4.69) is 10.6 Å². The normalized spacial score (nSPS) is 21.2. The summed E-state index contributed by atoms with van der Waals surface area (Å²) in [4.78, 5) is 11.3. The van der Waals surface area contributed by atoms with Crippen molar-refractivity contribution >= 4 is 5.91 Å². The summed E-state index contributed by atoms with van der Waals surface area (Å²) in [7, 11) is 0. The van der Waals surface area contributed by atoms with E-state index in [1.165, 1.54) is 0 Å². The van der Waals surface area contributed by atoms with Gasteiger partial charge in [-0.1, -0.05) is 0 Å². The van der Waals surface area contributed by atoms with E-state index in [0.717, 1.165) is 32.4 Å². The Morgan fingerprint density at radius 2 is 2.18 bits per heavy atom. The second-order valence-electron chi connectivity index (χ2n) is 4.47. The highest BCUT2D eigenvalue weighted by Gasteiger charge is 2.26. The predicted molar refractivity (Wildman–Crippen MR) is 58.5 cm³/mol. The van der Waals surface area contributed by atoms with Gasteiger partial charge in [-0.2, -0.15) is 13.2 Å². The highest BCUT2D eigenvalue weighted by Crippen LogP contribution is 2.18. The van der Waals surface area contributed by atoms with Gasteiger partial charge in [-0.15, -0.1) is 0 Å². The Kier molecular flexibility index (Phi) is 5.74. The second kappa shape index (κ2) is 6.83. The van der Waals surface area contributed by atoms with E-state index >= 15 is 0 Å². The molecule has 1 atom stereocenters. The number of hydrogen-bond acceptors (Lipinski definition) is 2. The number of alkyl halides is 3. The SMILES string of the molecule is O=C(CCC1CCCNC1)NCCC(F)(F)F. The van der Waals surface area contributed by atoms with Crippen LogP contribution in [0.5, 0.6) is 0 Å². The molecule has 0 radical (unpaired) electrons.